The molecular formula is C24H30ClN3O4S. The highest BCUT2D eigenvalue weighted by molar-refractivity contribution is 7.88. The summed E-state index contributed by atoms with van der Waals surface area (Å²) in [4.78, 5) is 15.1. The standard InChI is InChI=1S/C24H30ClN3O4S/c25-22-7-3-20(4-8-22)18-33(30,31)28-11-1-2-21(17-28)24(29)26-16-19-5-9-23(10-6-19)27-12-14-32-15-13-27/h3-10,21H,1-2,11-18H2,(H,26,29). The summed E-state index contributed by atoms with van der Waals surface area (Å²) in [5, 5.41) is 3.56. The minimum Gasteiger partial charge on any atom is -0.378 e. The molecule has 33 heavy (non-hydrogen) atoms. The molecule has 9 heteroatoms. The number of benzene rings is 2. The van der Waals surface area contributed by atoms with Gasteiger partial charge in [0, 0.05) is 43.4 Å². The molecule has 2 saturated heterocycles. The van der Waals surface area contributed by atoms with Crippen LogP contribution in [-0.2, 0) is 31.9 Å². The first-order chi connectivity index (χ1) is 15.9. The van der Waals surface area contributed by atoms with Crippen LogP contribution in [0.15, 0.2) is 48.5 Å². The van der Waals surface area contributed by atoms with Gasteiger partial charge in [0.2, 0.25) is 15.9 Å². The van der Waals surface area contributed by atoms with Gasteiger partial charge in [-0.3, -0.25) is 4.79 Å². The molecule has 1 atom stereocenters. The van der Waals surface area contributed by atoms with Crippen molar-refractivity contribution < 1.29 is 17.9 Å². The zero-order valence-corrected chi connectivity index (χ0v) is 20.2. The van der Waals surface area contributed by atoms with Gasteiger partial charge in [0.15, 0.2) is 0 Å². The van der Waals surface area contributed by atoms with E-state index in [0.29, 0.717) is 36.5 Å². The molecule has 0 saturated carbocycles. The number of morpholine rings is 1. The molecule has 7 nitrogen and oxygen atoms in total. The van der Waals surface area contributed by atoms with E-state index in [9.17, 15) is 13.2 Å². The lowest BCUT2D eigenvalue weighted by atomic mass is 9.98. The van der Waals surface area contributed by atoms with Crippen molar-refractivity contribution in [2.45, 2.75) is 25.1 Å². The average molecular weight is 492 g/mol. The fourth-order valence-electron chi connectivity index (χ4n) is 4.27. The fourth-order valence-corrected chi connectivity index (χ4v) is 6.01. The minimum absolute atomic E-state index is 0.0893. The van der Waals surface area contributed by atoms with E-state index in [1.807, 2.05) is 12.1 Å². The van der Waals surface area contributed by atoms with Gasteiger partial charge in [-0.15, -0.1) is 0 Å². The molecule has 1 unspecified atom stereocenters. The molecule has 178 valence electrons. The zero-order valence-electron chi connectivity index (χ0n) is 18.6. The van der Waals surface area contributed by atoms with Crippen LogP contribution in [0, 0.1) is 5.92 Å². The number of hydrogen-bond acceptors (Lipinski definition) is 5. The molecule has 2 heterocycles. The second-order valence-corrected chi connectivity index (χ2v) is 11.0. The van der Waals surface area contributed by atoms with Gasteiger partial charge < -0.3 is 15.0 Å². The van der Waals surface area contributed by atoms with Crippen molar-refractivity contribution in [2.24, 2.45) is 5.92 Å². The molecule has 2 aromatic rings. The number of piperidine rings is 1. The van der Waals surface area contributed by atoms with Gasteiger partial charge in [-0.2, -0.15) is 0 Å². The average Bonchev–Trinajstić information content (AvgIpc) is 2.85. The van der Waals surface area contributed by atoms with Gasteiger partial charge in [-0.25, -0.2) is 12.7 Å². The highest BCUT2D eigenvalue weighted by Crippen LogP contribution is 2.23. The Kier molecular flexibility index (Phi) is 7.90. The van der Waals surface area contributed by atoms with Gasteiger partial charge in [0.1, 0.15) is 0 Å². The Morgan fingerprint density at radius 2 is 1.67 bits per heavy atom. The van der Waals surface area contributed by atoms with E-state index in [2.05, 4.69) is 22.3 Å². The summed E-state index contributed by atoms with van der Waals surface area (Å²) < 4.78 is 32.6. The summed E-state index contributed by atoms with van der Waals surface area (Å²) in [6.45, 7) is 4.35. The first kappa shape index (κ1) is 24.0. The van der Waals surface area contributed by atoms with Gasteiger partial charge in [-0.1, -0.05) is 35.9 Å². The number of nitrogens with one attached hydrogen (secondary N) is 1. The van der Waals surface area contributed by atoms with Crippen molar-refractivity contribution in [3.63, 3.8) is 0 Å². The molecule has 2 fully saturated rings. The molecule has 2 aliphatic rings. The molecule has 1 N–H and O–H groups in total. The predicted molar refractivity (Wildman–Crippen MR) is 130 cm³/mol. The van der Waals surface area contributed by atoms with E-state index in [1.165, 1.54) is 4.31 Å². The maximum absolute atomic E-state index is 12.9. The van der Waals surface area contributed by atoms with Crippen LogP contribution in [0.5, 0.6) is 0 Å². The van der Waals surface area contributed by atoms with Crippen LogP contribution in [0.3, 0.4) is 0 Å². The van der Waals surface area contributed by atoms with E-state index in [-0.39, 0.29) is 24.1 Å². The largest absolute Gasteiger partial charge is 0.378 e. The summed E-state index contributed by atoms with van der Waals surface area (Å²) in [7, 11) is -3.50. The van der Waals surface area contributed by atoms with Crippen LogP contribution in [-0.4, -0.2) is 58.0 Å². The van der Waals surface area contributed by atoms with E-state index in [1.54, 1.807) is 24.3 Å². The number of nitrogens with zero attached hydrogens (tertiary/aromatic N) is 2. The van der Waals surface area contributed by atoms with Crippen LogP contribution in [0.25, 0.3) is 0 Å². The number of carbonyl (C=O) groups excluding carboxylic acids is 1. The summed E-state index contributed by atoms with van der Waals surface area (Å²) in [6.07, 6.45) is 1.36. The van der Waals surface area contributed by atoms with Crippen LogP contribution in [0.2, 0.25) is 5.02 Å². The quantitative estimate of drug-likeness (QED) is 0.644. The molecule has 4 rings (SSSR count). The van der Waals surface area contributed by atoms with Crippen LogP contribution in [0.4, 0.5) is 5.69 Å². The van der Waals surface area contributed by atoms with Crippen molar-refractivity contribution in [3.05, 3.63) is 64.7 Å². The SMILES string of the molecule is O=C(NCc1ccc(N2CCOCC2)cc1)C1CCCN(S(=O)(=O)Cc2ccc(Cl)cc2)C1. The first-order valence-electron chi connectivity index (χ1n) is 11.3. The highest BCUT2D eigenvalue weighted by atomic mass is 35.5. The van der Waals surface area contributed by atoms with Crippen molar-refractivity contribution in [1.82, 2.24) is 9.62 Å². The second kappa shape index (κ2) is 10.9. The lowest BCUT2D eigenvalue weighted by molar-refractivity contribution is -0.126. The fraction of sp³-hybridized carbons (Fsp3) is 0.458. The summed E-state index contributed by atoms with van der Waals surface area (Å²) >= 11 is 5.89. The molecule has 1 amide bonds. The molecular weight excluding hydrogens is 462 g/mol. The van der Waals surface area contributed by atoms with Crippen molar-refractivity contribution in [2.75, 3.05) is 44.3 Å². The third kappa shape index (κ3) is 6.47. The molecule has 0 radical (unpaired) electrons. The Morgan fingerprint density at radius 1 is 1.00 bits per heavy atom. The Balaban J connectivity index is 1.29. The molecule has 2 aromatic carbocycles. The minimum atomic E-state index is -3.50. The number of sulfonamides is 1. The maximum Gasteiger partial charge on any atom is 0.224 e. The number of rotatable bonds is 7. The summed E-state index contributed by atoms with van der Waals surface area (Å²) in [5.74, 6) is -0.529. The number of anilines is 1. The Labute approximate surface area is 200 Å². The van der Waals surface area contributed by atoms with E-state index < -0.39 is 10.0 Å². The normalized spacial score (nSPS) is 19.9. The number of halogens is 1. The molecule has 0 spiro atoms. The maximum atomic E-state index is 12.9. The molecule has 2 aliphatic heterocycles. The van der Waals surface area contributed by atoms with Gasteiger partial charge in [0.25, 0.3) is 0 Å². The van der Waals surface area contributed by atoms with E-state index in [0.717, 1.165) is 37.6 Å². The third-order valence-electron chi connectivity index (χ3n) is 6.19. The molecule has 0 aliphatic carbocycles. The van der Waals surface area contributed by atoms with Gasteiger partial charge >= 0.3 is 0 Å². The number of hydrogen-bond donors (Lipinski definition) is 1. The summed E-state index contributed by atoms with van der Waals surface area (Å²) in [6, 6.07) is 15.0. The van der Waals surface area contributed by atoms with Crippen molar-refractivity contribution in [1.29, 1.82) is 0 Å². The first-order valence-corrected chi connectivity index (χ1v) is 13.3. The monoisotopic (exact) mass is 491 g/mol. The molecule has 0 bridgehead atoms. The van der Waals surface area contributed by atoms with Crippen LogP contribution >= 0.6 is 11.6 Å². The predicted octanol–water partition coefficient (Wildman–Crippen LogP) is 3.03. The molecule has 0 aromatic heterocycles. The van der Waals surface area contributed by atoms with E-state index in [4.69, 9.17) is 16.3 Å². The van der Waals surface area contributed by atoms with Crippen molar-refractivity contribution in [3.8, 4) is 0 Å². The number of carbonyl (C=O) groups is 1. The Morgan fingerprint density at radius 3 is 2.36 bits per heavy atom. The third-order valence-corrected chi connectivity index (χ3v) is 8.26. The van der Waals surface area contributed by atoms with Crippen LogP contribution < -0.4 is 10.2 Å². The smallest absolute Gasteiger partial charge is 0.224 e. The van der Waals surface area contributed by atoms with E-state index >= 15 is 0 Å². The highest BCUT2D eigenvalue weighted by Gasteiger charge is 2.32. The Hall–Kier alpha value is -2.13. The van der Waals surface area contributed by atoms with Gasteiger partial charge in [0.05, 0.1) is 24.9 Å². The second-order valence-electron chi connectivity index (χ2n) is 8.56. The number of amides is 1. The lowest BCUT2D eigenvalue weighted by Gasteiger charge is -2.31. The van der Waals surface area contributed by atoms with Crippen molar-refractivity contribution >= 4 is 33.2 Å². The lowest BCUT2D eigenvalue weighted by Crippen LogP contribution is -2.45. The zero-order chi connectivity index (χ0) is 23.3. The number of ether oxygens (including phenoxy) is 1. The van der Waals surface area contributed by atoms with Crippen LogP contribution in [0.1, 0.15) is 24.0 Å². The van der Waals surface area contributed by atoms with Gasteiger partial charge in [-0.05, 0) is 48.2 Å². The Bertz CT molecular complexity index is 1040. The summed E-state index contributed by atoms with van der Waals surface area (Å²) in [5.41, 5.74) is 2.86. The topological polar surface area (TPSA) is 79.0 Å².